The molecule has 0 heterocycles. The van der Waals surface area contributed by atoms with Crippen molar-refractivity contribution < 1.29 is 19.1 Å². The predicted octanol–water partition coefficient (Wildman–Crippen LogP) is 2.05. The SMILES string of the molecule is CCCC(=O)OC(C)OC(=O)Cl. The average Bonchev–Trinajstić information content (AvgIpc) is 1.84. The van der Waals surface area contributed by atoms with Gasteiger partial charge in [-0.1, -0.05) is 6.92 Å². The van der Waals surface area contributed by atoms with Crippen molar-refractivity contribution in [3.8, 4) is 0 Å². The summed E-state index contributed by atoms with van der Waals surface area (Å²) in [6, 6.07) is 0. The maximum Gasteiger partial charge on any atom is 0.406 e. The van der Waals surface area contributed by atoms with E-state index in [-0.39, 0.29) is 0 Å². The number of ether oxygens (including phenoxy) is 2. The number of esters is 1. The van der Waals surface area contributed by atoms with E-state index in [9.17, 15) is 9.59 Å². The van der Waals surface area contributed by atoms with E-state index in [1.807, 2.05) is 6.92 Å². The fourth-order valence-corrected chi connectivity index (χ4v) is 0.728. The maximum absolute atomic E-state index is 10.8. The molecule has 0 aliphatic carbocycles. The molecule has 0 aromatic rings. The highest BCUT2D eigenvalue weighted by molar-refractivity contribution is 6.61. The van der Waals surface area contributed by atoms with Crippen molar-refractivity contribution in [2.75, 3.05) is 0 Å². The lowest BCUT2D eigenvalue weighted by atomic mass is 10.3. The summed E-state index contributed by atoms with van der Waals surface area (Å²) in [6.07, 6.45) is 0.0962. The summed E-state index contributed by atoms with van der Waals surface area (Å²) < 4.78 is 8.99. The largest absolute Gasteiger partial charge is 0.425 e. The average molecular weight is 195 g/mol. The first kappa shape index (κ1) is 11.2. The van der Waals surface area contributed by atoms with E-state index >= 15 is 0 Å². The molecular weight excluding hydrogens is 184 g/mol. The van der Waals surface area contributed by atoms with Crippen LogP contribution in [0.4, 0.5) is 4.79 Å². The van der Waals surface area contributed by atoms with Crippen molar-refractivity contribution in [2.45, 2.75) is 33.0 Å². The van der Waals surface area contributed by atoms with E-state index in [0.717, 1.165) is 0 Å². The maximum atomic E-state index is 10.8. The highest BCUT2D eigenvalue weighted by Crippen LogP contribution is 2.01. The fourth-order valence-electron chi connectivity index (χ4n) is 0.603. The Labute approximate surface area is 75.8 Å². The Morgan fingerprint density at radius 3 is 2.42 bits per heavy atom. The van der Waals surface area contributed by atoms with Gasteiger partial charge >= 0.3 is 11.4 Å². The molecule has 4 nitrogen and oxygen atoms in total. The molecular formula is C7H11ClO4. The first-order chi connectivity index (χ1) is 5.56. The topological polar surface area (TPSA) is 52.6 Å². The zero-order valence-electron chi connectivity index (χ0n) is 7.00. The van der Waals surface area contributed by atoms with Crippen LogP contribution in [-0.2, 0) is 14.3 Å². The van der Waals surface area contributed by atoms with Crippen LogP contribution in [0.1, 0.15) is 26.7 Å². The number of halogens is 1. The van der Waals surface area contributed by atoms with Crippen LogP contribution in [0.5, 0.6) is 0 Å². The van der Waals surface area contributed by atoms with Gasteiger partial charge in [0.15, 0.2) is 0 Å². The van der Waals surface area contributed by atoms with E-state index in [1.165, 1.54) is 6.92 Å². The molecule has 0 spiro atoms. The van der Waals surface area contributed by atoms with Crippen molar-refractivity contribution >= 4 is 23.0 Å². The molecule has 0 saturated carbocycles. The third-order valence-corrected chi connectivity index (χ3v) is 1.10. The Hall–Kier alpha value is -0.770. The van der Waals surface area contributed by atoms with E-state index in [4.69, 9.17) is 11.6 Å². The van der Waals surface area contributed by atoms with Gasteiger partial charge in [-0.15, -0.1) is 0 Å². The molecule has 0 radical (unpaired) electrons. The Morgan fingerprint density at radius 2 is 2.00 bits per heavy atom. The number of carbonyl (C=O) groups is 2. The minimum atomic E-state index is -0.980. The zero-order valence-corrected chi connectivity index (χ0v) is 7.76. The van der Waals surface area contributed by atoms with Crippen LogP contribution in [0.15, 0.2) is 0 Å². The molecule has 0 amide bonds. The number of hydrogen-bond acceptors (Lipinski definition) is 4. The number of hydrogen-bond donors (Lipinski definition) is 0. The Bertz CT molecular complexity index is 169. The zero-order chi connectivity index (χ0) is 9.56. The van der Waals surface area contributed by atoms with Gasteiger partial charge in [0.2, 0.25) is 6.29 Å². The third kappa shape index (κ3) is 5.97. The second kappa shape index (κ2) is 5.83. The summed E-state index contributed by atoms with van der Waals surface area (Å²) in [4.78, 5) is 20.9. The fraction of sp³-hybridized carbons (Fsp3) is 0.714. The van der Waals surface area contributed by atoms with Crippen molar-refractivity contribution in [1.82, 2.24) is 0 Å². The molecule has 5 heteroatoms. The van der Waals surface area contributed by atoms with Gasteiger partial charge in [0.1, 0.15) is 0 Å². The second-order valence-corrected chi connectivity index (χ2v) is 2.47. The predicted molar refractivity (Wildman–Crippen MR) is 42.8 cm³/mol. The molecule has 12 heavy (non-hydrogen) atoms. The van der Waals surface area contributed by atoms with Gasteiger partial charge in [-0.2, -0.15) is 0 Å². The van der Waals surface area contributed by atoms with Crippen LogP contribution in [0.3, 0.4) is 0 Å². The van der Waals surface area contributed by atoms with Crippen LogP contribution in [0.2, 0.25) is 0 Å². The highest BCUT2D eigenvalue weighted by Gasteiger charge is 2.11. The van der Waals surface area contributed by atoms with Crippen molar-refractivity contribution in [3.63, 3.8) is 0 Å². The van der Waals surface area contributed by atoms with Crippen molar-refractivity contribution in [2.24, 2.45) is 0 Å². The Morgan fingerprint density at radius 1 is 1.42 bits per heavy atom. The molecule has 0 fully saturated rings. The van der Waals surface area contributed by atoms with Crippen molar-refractivity contribution in [3.05, 3.63) is 0 Å². The van der Waals surface area contributed by atoms with Crippen LogP contribution >= 0.6 is 11.6 Å². The van der Waals surface area contributed by atoms with Gasteiger partial charge in [0, 0.05) is 24.9 Å². The second-order valence-electron chi connectivity index (χ2n) is 2.16. The molecule has 0 aliphatic heterocycles. The molecule has 0 rings (SSSR count). The molecule has 1 atom stereocenters. The summed E-state index contributed by atoms with van der Waals surface area (Å²) >= 11 is 4.88. The summed E-state index contributed by atoms with van der Waals surface area (Å²) in [7, 11) is 0. The van der Waals surface area contributed by atoms with Crippen molar-refractivity contribution in [1.29, 1.82) is 0 Å². The summed E-state index contributed by atoms with van der Waals surface area (Å²) in [5.74, 6) is -0.400. The molecule has 0 saturated heterocycles. The lowest BCUT2D eigenvalue weighted by Crippen LogP contribution is -2.18. The van der Waals surface area contributed by atoms with Crippen LogP contribution in [0.25, 0.3) is 0 Å². The minimum absolute atomic E-state index is 0.310. The Balaban J connectivity index is 3.61. The smallest absolute Gasteiger partial charge is 0.406 e. The lowest BCUT2D eigenvalue weighted by Gasteiger charge is -2.10. The first-order valence-corrected chi connectivity index (χ1v) is 3.99. The van der Waals surface area contributed by atoms with Gasteiger partial charge in [-0.25, -0.2) is 4.79 Å². The first-order valence-electron chi connectivity index (χ1n) is 3.61. The lowest BCUT2D eigenvalue weighted by molar-refractivity contribution is -0.163. The van der Waals surface area contributed by atoms with Crippen LogP contribution in [-0.4, -0.2) is 17.7 Å². The summed E-state index contributed by atoms with van der Waals surface area (Å²) in [5, 5.41) is 0. The number of rotatable bonds is 4. The standard InChI is InChI=1S/C7H11ClO4/c1-3-4-6(9)11-5(2)12-7(8)10/h5H,3-4H2,1-2H3. The molecule has 1 unspecified atom stereocenters. The van der Waals surface area contributed by atoms with E-state index in [2.05, 4.69) is 9.47 Å². The van der Waals surface area contributed by atoms with Crippen LogP contribution < -0.4 is 0 Å². The van der Waals surface area contributed by atoms with Gasteiger partial charge < -0.3 is 9.47 Å². The molecule has 0 bridgehead atoms. The van der Waals surface area contributed by atoms with Gasteiger partial charge in [0.05, 0.1) is 0 Å². The molecule has 0 aromatic carbocycles. The third-order valence-electron chi connectivity index (χ3n) is 1.01. The normalized spacial score (nSPS) is 11.9. The molecule has 70 valence electrons. The van der Waals surface area contributed by atoms with Gasteiger partial charge in [-0.3, -0.25) is 4.79 Å². The van der Waals surface area contributed by atoms with E-state index < -0.39 is 17.7 Å². The van der Waals surface area contributed by atoms with E-state index in [1.54, 1.807) is 0 Å². The highest BCUT2D eigenvalue weighted by atomic mass is 35.5. The molecule has 0 N–H and O–H groups in total. The number of carbonyl (C=O) groups excluding carboxylic acids is 2. The summed E-state index contributed by atoms with van der Waals surface area (Å²) in [5.41, 5.74) is -0.980. The molecule has 0 aromatic heterocycles. The molecule has 0 aliphatic rings. The quantitative estimate of drug-likeness (QED) is 0.391. The van der Waals surface area contributed by atoms with Gasteiger partial charge in [0.25, 0.3) is 0 Å². The minimum Gasteiger partial charge on any atom is -0.425 e. The Kier molecular flexibility index (Phi) is 5.45. The monoisotopic (exact) mass is 194 g/mol. The summed E-state index contributed by atoms with van der Waals surface area (Å²) in [6.45, 7) is 3.27. The van der Waals surface area contributed by atoms with Gasteiger partial charge in [-0.05, 0) is 6.42 Å². The van der Waals surface area contributed by atoms with E-state index in [0.29, 0.717) is 12.8 Å². The van der Waals surface area contributed by atoms with Crippen LogP contribution in [0, 0.1) is 0 Å².